The van der Waals surface area contributed by atoms with Gasteiger partial charge in [0.1, 0.15) is 16.7 Å². The van der Waals surface area contributed by atoms with E-state index < -0.39 is 0 Å². The monoisotopic (exact) mass is 320 g/mol. The Balaban J connectivity index is 2.24. The van der Waals surface area contributed by atoms with E-state index >= 15 is 0 Å². The molecule has 106 valence electrons. The summed E-state index contributed by atoms with van der Waals surface area (Å²) in [4.78, 5) is 8.73. The molecule has 0 aliphatic rings. The van der Waals surface area contributed by atoms with Crippen molar-refractivity contribution in [3.8, 4) is 22.9 Å². The normalized spacial score (nSPS) is 10.8. The van der Waals surface area contributed by atoms with Crippen LogP contribution in [0.25, 0.3) is 22.3 Å². The van der Waals surface area contributed by atoms with Crippen LogP contribution in [0, 0.1) is 0 Å². The second-order valence-corrected chi connectivity index (χ2v) is 5.18. The molecule has 4 nitrogen and oxygen atoms in total. The molecule has 1 aromatic heterocycles. The molecule has 3 rings (SSSR count). The van der Waals surface area contributed by atoms with Crippen LogP contribution >= 0.6 is 23.2 Å². The number of fused-ring (bicyclic) bond motifs is 1. The number of aromatic nitrogens is 2. The molecule has 0 saturated heterocycles. The second kappa shape index (κ2) is 5.39. The number of phenolic OH excluding ortho intramolecular Hbond substituents is 1. The van der Waals surface area contributed by atoms with E-state index in [9.17, 15) is 5.11 Å². The highest BCUT2D eigenvalue weighted by Gasteiger charge is 2.13. The SMILES string of the molecule is COc1cc(Cl)ccc1-c1nc(Cl)c2cc(O)ccc2n1. The van der Waals surface area contributed by atoms with Gasteiger partial charge in [-0.05, 0) is 36.4 Å². The van der Waals surface area contributed by atoms with Crippen LogP contribution in [-0.2, 0) is 0 Å². The minimum Gasteiger partial charge on any atom is -0.508 e. The Labute approximate surface area is 130 Å². The maximum atomic E-state index is 9.50. The molecule has 6 heteroatoms. The first-order chi connectivity index (χ1) is 10.1. The van der Waals surface area contributed by atoms with Crippen LogP contribution < -0.4 is 4.74 Å². The highest BCUT2D eigenvalue weighted by Crippen LogP contribution is 2.33. The molecule has 0 atom stereocenters. The lowest BCUT2D eigenvalue weighted by molar-refractivity contribution is 0.416. The van der Waals surface area contributed by atoms with Crippen LogP contribution in [0.15, 0.2) is 36.4 Å². The number of phenols is 1. The van der Waals surface area contributed by atoms with Gasteiger partial charge in [0, 0.05) is 10.4 Å². The third kappa shape index (κ3) is 2.60. The number of ether oxygens (including phenoxy) is 1. The van der Waals surface area contributed by atoms with Crippen molar-refractivity contribution >= 4 is 34.1 Å². The fourth-order valence-electron chi connectivity index (χ4n) is 2.05. The lowest BCUT2D eigenvalue weighted by atomic mass is 10.1. The number of methoxy groups -OCH3 is 1. The molecule has 0 aliphatic heterocycles. The summed E-state index contributed by atoms with van der Waals surface area (Å²) in [6, 6.07) is 9.96. The number of aromatic hydroxyl groups is 1. The van der Waals surface area contributed by atoms with Crippen molar-refractivity contribution in [2.75, 3.05) is 7.11 Å². The van der Waals surface area contributed by atoms with E-state index in [1.165, 1.54) is 6.07 Å². The number of hydrogen-bond acceptors (Lipinski definition) is 4. The van der Waals surface area contributed by atoms with Gasteiger partial charge in [0.05, 0.1) is 18.2 Å². The standard InChI is InChI=1S/C15H10Cl2N2O2/c1-21-13-6-8(16)2-4-10(13)15-18-12-5-3-9(20)7-11(12)14(17)19-15/h2-7,20H,1H3. The van der Waals surface area contributed by atoms with Crippen LogP contribution in [0.3, 0.4) is 0 Å². The van der Waals surface area contributed by atoms with Crippen LogP contribution in [0.1, 0.15) is 0 Å². The van der Waals surface area contributed by atoms with Crippen LogP contribution in [0.5, 0.6) is 11.5 Å². The summed E-state index contributed by atoms with van der Waals surface area (Å²) in [6.07, 6.45) is 0. The molecule has 0 aliphatic carbocycles. The van der Waals surface area contributed by atoms with E-state index in [0.29, 0.717) is 33.1 Å². The molecule has 0 radical (unpaired) electrons. The Morgan fingerprint density at radius 3 is 2.62 bits per heavy atom. The smallest absolute Gasteiger partial charge is 0.165 e. The van der Waals surface area contributed by atoms with Gasteiger partial charge in [-0.2, -0.15) is 0 Å². The van der Waals surface area contributed by atoms with Gasteiger partial charge in [-0.25, -0.2) is 9.97 Å². The summed E-state index contributed by atoms with van der Waals surface area (Å²) in [5.41, 5.74) is 1.33. The zero-order valence-electron chi connectivity index (χ0n) is 11.0. The fraction of sp³-hybridized carbons (Fsp3) is 0.0667. The molecule has 0 fully saturated rings. The van der Waals surface area contributed by atoms with Gasteiger partial charge in [0.15, 0.2) is 5.82 Å². The third-order valence-electron chi connectivity index (χ3n) is 3.04. The molecular weight excluding hydrogens is 311 g/mol. The molecule has 0 amide bonds. The van der Waals surface area contributed by atoms with Crippen molar-refractivity contribution in [2.24, 2.45) is 0 Å². The van der Waals surface area contributed by atoms with Crippen LogP contribution in [0.2, 0.25) is 10.2 Å². The Morgan fingerprint density at radius 2 is 1.86 bits per heavy atom. The van der Waals surface area contributed by atoms with Crippen molar-refractivity contribution in [1.29, 1.82) is 0 Å². The zero-order valence-corrected chi connectivity index (χ0v) is 12.5. The van der Waals surface area contributed by atoms with Gasteiger partial charge < -0.3 is 9.84 Å². The molecular formula is C15H10Cl2N2O2. The molecule has 0 unspecified atom stereocenters. The lowest BCUT2D eigenvalue weighted by Gasteiger charge is -2.09. The minimum atomic E-state index is 0.116. The molecule has 1 heterocycles. The number of benzene rings is 2. The molecule has 0 spiro atoms. The van der Waals surface area contributed by atoms with Crippen molar-refractivity contribution in [3.05, 3.63) is 46.6 Å². The maximum absolute atomic E-state index is 9.50. The van der Waals surface area contributed by atoms with Gasteiger partial charge in [-0.1, -0.05) is 23.2 Å². The Morgan fingerprint density at radius 1 is 1.05 bits per heavy atom. The first kappa shape index (κ1) is 13.9. The summed E-state index contributed by atoms with van der Waals surface area (Å²) in [6.45, 7) is 0. The van der Waals surface area contributed by atoms with Gasteiger partial charge in [0.2, 0.25) is 0 Å². The minimum absolute atomic E-state index is 0.116. The average molecular weight is 321 g/mol. The maximum Gasteiger partial charge on any atom is 0.165 e. The molecule has 21 heavy (non-hydrogen) atoms. The molecule has 1 N–H and O–H groups in total. The van der Waals surface area contributed by atoms with Gasteiger partial charge in [-0.15, -0.1) is 0 Å². The van der Waals surface area contributed by atoms with Crippen molar-refractivity contribution in [1.82, 2.24) is 9.97 Å². The van der Waals surface area contributed by atoms with Crippen molar-refractivity contribution in [2.45, 2.75) is 0 Å². The first-order valence-electron chi connectivity index (χ1n) is 6.08. The summed E-state index contributed by atoms with van der Waals surface area (Å²) in [5.74, 6) is 1.12. The van der Waals surface area contributed by atoms with Gasteiger partial charge in [-0.3, -0.25) is 0 Å². The van der Waals surface area contributed by atoms with E-state index in [4.69, 9.17) is 27.9 Å². The van der Waals surface area contributed by atoms with Crippen LogP contribution in [0.4, 0.5) is 0 Å². The Hall–Kier alpha value is -2.04. The van der Waals surface area contributed by atoms with E-state index in [-0.39, 0.29) is 10.9 Å². The van der Waals surface area contributed by atoms with Gasteiger partial charge in [0.25, 0.3) is 0 Å². The molecule has 0 saturated carbocycles. The lowest BCUT2D eigenvalue weighted by Crippen LogP contribution is -1.95. The summed E-state index contributed by atoms with van der Waals surface area (Å²) in [5, 5.41) is 10.9. The third-order valence-corrected chi connectivity index (χ3v) is 3.56. The number of halogens is 2. The highest BCUT2D eigenvalue weighted by atomic mass is 35.5. The highest BCUT2D eigenvalue weighted by molar-refractivity contribution is 6.34. The number of rotatable bonds is 2. The van der Waals surface area contributed by atoms with E-state index in [2.05, 4.69) is 9.97 Å². The van der Waals surface area contributed by atoms with Gasteiger partial charge >= 0.3 is 0 Å². The van der Waals surface area contributed by atoms with Crippen molar-refractivity contribution in [3.63, 3.8) is 0 Å². The second-order valence-electron chi connectivity index (χ2n) is 4.38. The zero-order chi connectivity index (χ0) is 15.0. The largest absolute Gasteiger partial charge is 0.508 e. The van der Waals surface area contributed by atoms with Crippen LogP contribution in [-0.4, -0.2) is 22.2 Å². The first-order valence-corrected chi connectivity index (χ1v) is 6.84. The number of nitrogens with zero attached hydrogens (tertiary/aromatic N) is 2. The quantitative estimate of drug-likeness (QED) is 0.714. The van der Waals surface area contributed by atoms with Crippen molar-refractivity contribution < 1.29 is 9.84 Å². The molecule has 0 bridgehead atoms. The fourth-order valence-corrected chi connectivity index (χ4v) is 2.44. The Kier molecular flexibility index (Phi) is 3.57. The summed E-state index contributed by atoms with van der Waals surface area (Å²) < 4.78 is 5.30. The Bertz CT molecular complexity index is 837. The summed E-state index contributed by atoms with van der Waals surface area (Å²) in [7, 11) is 1.55. The summed E-state index contributed by atoms with van der Waals surface area (Å²) >= 11 is 12.1. The predicted octanol–water partition coefficient (Wildman–Crippen LogP) is 4.32. The number of hydrogen-bond donors (Lipinski definition) is 1. The van der Waals surface area contributed by atoms with E-state index in [1.807, 2.05) is 0 Å². The predicted molar refractivity (Wildman–Crippen MR) is 83.2 cm³/mol. The van der Waals surface area contributed by atoms with E-state index in [1.54, 1.807) is 37.4 Å². The van der Waals surface area contributed by atoms with E-state index in [0.717, 1.165) is 0 Å². The molecule has 2 aromatic carbocycles. The topological polar surface area (TPSA) is 55.2 Å². The average Bonchev–Trinajstić information content (AvgIpc) is 2.47. The molecule has 3 aromatic rings.